The molecule has 1 heterocycles. The monoisotopic (exact) mass is 298 g/mol. The van der Waals surface area contributed by atoms with Gasteiger partial charge in [0.25, 0.3) is 0 Å². The van der Waals surface area contributed by atoms with Crippen LogP contribution in [0.1, 0.15) is 39.5 Å². The fourth-order valence-electron chi connectivity index (χ4n) is 1.19. The zero-order valence-electron chi connectivity index (χ0n) is 10.7. The first kappa shape index (κ1) is 18.5. The number of likely N-dealkylation sites (tertiary alicyclic amines) is 1. The second-order valence-electron chi connectivity index (χ2n) is 4.25. The largest absolute Gasteiger partial charge is 0.343 e. The van der Waals surface area contributed by atoms with E-state index in [0.29, 0.717) is 0 Å². The van der Waals surface area contributed by atoms with E-state index in [1.807, 2.05) is 0 Å². The van der Waals surface area contributed by atoms with Gasteiger partial charge < -0.3 is 23.5 Å². The zero-order chi connectivity index (χ0) is 11.8. The Morgan fingerprint density at radius 2 is 2.00 bits per heavy atom. The van der Waals surface area contributed by atoms with Gasteiger partial charge in [-0.1, -0.05) is 26.3 Å². The summed E-state index contributed by atoms with van der Waals surface area (Å²) in [6, 6.07) is 0. The summed E-state index contributed by atoms with van der Waals surface area (Å²) in [6.45, 7) is 15.9. The summed E-state index contributed by atoms with van der Waals surface area (Å²) >= 11 is 0. The Balaban J connectivity index is 0. The predicted molar refractivity (Wildman–Crippen MR) is 64.9 cm³/mol. The molecule has 1 aliphatic rings. The van der Waals surface area contributed by atoms with Gasteiger partial charge in [-0.15, -0.1) is 0 Å². The molecule has 0 aromatic rings. The van der Waals surface area contributed by atoms with E-state index in [9.17, 15) is 4.79 Å². The number of piperidine rings is 1. The summed E-state index contributed by atoms with van der Waals surface area (Å²) in [5, 5.41) is 0. The van der Waals surface area contributed by atoms with E-state index in [2.05, 4.69) is 34.3 Å². The minimum atomic E-state index is -0.121. The quantitative estimate of drug-likeness (QED) is 0.681. The minimum absolute atomic E-state index is 0. The van der Waals surface area contributed by atoms with Crippen LogP contribution in [0.3, 0.4) is 0 Å². The molecule has 0 aromatic heterocycles. The van der Waals surface area contributed by atoms with E-state index in [1.54, 1.807) is 4.90 Å². The fraction of sp³-hybridized carbons (Fsp3) is 0.615. The van der Waals surface area contributed by atoms with Crippen LogP contribution < -0.4 is 0 Å². The molecule has 0 saturated carbocycles. The normalized spacial score (nSPS) is 15.0. The number of carbonyl (C=O) groups excluding carboxylic acids is 1. The molecule has 91 valence electrons. The molecule has 0 atom stereocenters. The Morgan fingerprint density at radius 3 is 2.25 bits per heavy atom. The van der Waals surface area contributed by atoms with E-state index < -0.39 is 0 Å². The van der Waals surface area contributed by atoms with Gasteiger partial charge in [-0.05, 0) is 19.3 Å². The van der Waals surface area contributed by atoms with Crippen LogP contribution >= 0.6 is 0 Å². The van der Waals surface area contributed by atoms with Crippen molar-refractivity contribution >= 4 is 5.91 Å². The van der Waals surface area contributed by atoms with E-state index in [4.69, 9.17) is 0 Å². The third-order valence-electron chi connectivity index (χ3n) is 2.36. The Morgan fingerprint density at radius 1 is 1.50 bits per heavy atom. The van der Waals surface area contributed by atoms with Crippen LogP contribution in [0.5, 0.6) is 0 Å². The van der Waals surface area contributed by atoms with Gasteiger partial charge in [-0.2, -0.15) is 6.42 Å². The molecule has 1 rings (SSSR count). The van der Waals surface area contributed by atoms with Gasteiger partial charge >= 0.3 is 0 Å². The second kappa shape index (κ2) is 10.3. The maximum Gasteiger partial charge on any atom is 0.0864 e. The Labute approximate surface area is 126 Å². The topological polar surface area (TPSA) is 20.3 Å². The van der Waals surface area contributed by atoms with Gasteiger partial charge in [-0.25, -0.2) is 0 Å². The van der Waals surface area contributed by atoms with Crippen LogP contribution in [0.15, 0.2) is 12.3 Å². The number of rotatable bonds is 1. The first-order chi connectivity index (χ1) is 6.99. The first-order valence-corrected chi connectivity index (χ1v) is 5.59. The standard InChI is InChI=1S/C8H12NO.C5H11.Y/c1-7-5-3-4-6-9(7)8(2)10;1-4-5(2)3;/h1-6H2;5H,1,4H2,2-3H3;/q2*-1;. The molecule has 2 nitrogen and oxygen atoms in total. The van der Waals surface area contributed by atoms with E-state index in [0.717, 1.165) is 43.8 Å². The molecule has 1 radical (unpaired) electrons. The van der Waals surface area contributed by atoms with Crippen LogP contribution in [-0.2, 0) is 37.5 Å². The van der Waals surface area contributed by atoms with Gasteiger partial charge in [0.1, 0.15) is 0 Å². The zero-order valence-corrected chi connectivity index (χ0v) is 13.5. The van der Waals surface area contributed by atoms with Gasteiger partial charge in [0.15, 0.2) is 0 Å². The van der Waals surface area contributed by atoms with Crippen molar-refractivity contribution in [1.82, 2.24) is 4.90 Å². The Kier molecular flexibility index (Phi) is 12.0. The van der Waals surface area contributed by atoms with Gasteiger partial charge in [0.05, 0.1) is 5.91 Å². The number of hydrogen-bond donors (Lipinski definition) is 0. The molecule has 0 bridgehead atoms. The Hall–Kier alpha value is 0.184. The number of hydrogen-bond acceptors (Lipinski definition) is 1. The average Bonchev–Trinajstić information content (AvgIpc) is 2.19. The molecule has 1 saturated heterocycles. The summed E-state index contributed by atoms with van der Waals surface area (Å²) in [4.78, 5) is 12.4. The summed E-state index contributed by atoms with van der Waals surface area (Å²) in [5.41, 5.74) is 0.922. The predicted octanol–water partition coefficient (Wildman–Crippen LogP) is 3.21. The smallest absolute Gasteiger partial charge is 0.0864 e. The summed E-state index contributed by atoms with van der Waals surface area (Å²) in [6.07, 6.45) is 4.24. The van der Waals surface area contributed by atoms with Crippen molar-refractivity contribution in [3.05, 3.63) is 26.1 Å². The third kappa shape index (κ3) is 8.35. The number of carbonyl (C=O) groups is 1. The molecular weight excluding hydrogens is 275 g/mol. The maximum absolute atomic E-state index is 10.8. The summed E-state index contributed by atoms with van der Waals surface area (Å²) in [5.74, 6) is 0.653. The van der Waals surface area contributed by atoms with Crippen molar-refractivity contribution in [3.8, 4) is 0 Å². The fourth-order valence-corrected chi connectivity index (χ4v) is 1.19. The molecular formula is C13H23NOY-2. The molecule has 1 amide bonds. The number of amides is 1. The van der Waals surface area contributed by atoms with Crippen LogP contribution in [0.4, 0.5) is 0 Å². The third-order valence-corrected chi connectivity index (χ3v) is 2.36. The maximum atomic E-state index is 10.8. The first-order valence-electron chi connectivity index (χ1n) is 5.59. The Bertz CT molecular complexity index is 214. The summed E-state index contributed by atoms with van der Waals surface area (Å²) < 4.78 is 0. The molecule has 3 heteroatoms. The van der Waals surface area contributed by atoms with E-state index in [1.165, 1.54) is 0 Å². The minimum Gasteiger partial charge on any atom is -0.343 e. The van der Waals surface area contributed by atoms with E-state index >= 15 is 0 Å². The van der Waals surface area contributed by atoms with Crippen molar-refractivity contribution in [1.29, 1.82) is 0 Å². The van der Waals surface area contributed by atoms with Crippen molar-refractivity contribution in [3.63, 3.8) is 0 Å². The number of allylic oxidation sites excluding steroid dienone is 1. The molecule has 0 aliphatic carbocycles. The van der Waals surface area contributed by atoms with Crippen molar-refractivity contribution in [2.75, 3.05) is 6.54 Å². The molecule has 1 aliphatic heterocycles. The van der Waals surface area contributed by atoms with Crippen molar-refractivity contribution in [2.45, 2.75) is 39.5 Å². The molecule has 0 N–H and O–H groups in total. The van der Waals surface area contributed by atoms with Crippen molar-refractivity contribution in [2.24, 2.45) is 5.92 Å². The van der Waals surface area contributed by atoms with Crippen LogP contribution in [0.2, 0.25) is 0 Å². The SMILES string of the molecule is C=C1CCCCN1C([CH2-])=O.[CH2-]CC(C)C.[Y]. The average molecular weight is 298 g/mol. The van der Waals surface area contributed by atoms with Crippen molar-refractivity contribution < 1.29 is 37.5 Å². The molecule has 0 unspecified atom stereocenters. The van der Waals surface area contributed by atoms with E-state index in [-0.39, 0.29) is 38.6 Å². The molecule has 16 heavy (non-hydrogen) atoms. The van der Waals surface area contributed by atoms with Gasteiger partial charge in [-0.3, -0.25) is 0 Å². The number of nitrogens with zero attached hydrogens (tertiary/aromatic N) is 1. The summed E-state index contributed by atoms with van der Waals surface area (Å²) in [7, 11) is 0. The van der Waals surface area contributed by atoms with Gasteiger partial charge in [0, 0.05) is 45.0 Å². The van der Waals surface area contributed by atoms with Crippen LogP contribution in [0.25, 0.3) is 0 Å². The molecule has 0 aromatic carbocycles. The molecule has 1 fully saturated rings. The van der Waals surface area contributed by atoms with Crippen LogP contribution in [0, 0.1) is 19.8 Å². The second-order valence-corrected chi connectivity index (χ2v) is 4.25. The van der Waals surface area contributed by atoms with Gasteiger partial charge in [0.2, 0.25) is 0 Å². The molecule has 0 spiro atoms. The van der Waals surface area contributed by atoms with Crippen LogP contribution in [-0.4, -0.2) is 17.4 Å².